The first-order chi connectivity index (χ1) is 10.6. The first-order valence-corrected chi connectivity index (χ1v) is 6.49. The Hall–Kier alpha value is -2.11. The molecular weight excluding hydrogens is 485 g/mol. The predicted octanol–water partition coefficient (Wildman–Crippen LogP) is 4.59. The number of fused-ring (bicyclic) bond motifs is 3. The Morgan fingerprint density at radius 2 is 1.91 bits per heavy atom. The smallest absolute Gasteiger partial charge is 0.371 e. The van der Waals surface area contributed by atoms with Crippen molar-refractivity contribution in [2.24, 2.45) is 0 Å². The van der Waals surface area contributed by atoms with Gasteiger partial charge in [-0.1, -0.05) is 23.6 Å². The van der Waals surface area contributed by atoms with Crippen molar-refractivity contribution in [3.8, 4) is 5.69 Å². The van der Waals surface area contributed by atoms with E-state index in [1.165, 1.54) is 4.68 Å². The van der Waals surface area contributed by atoms with E-state index in [-0.39, 0.29) is 31.1 Å². The first kappa shape index (κ1) is 15.8. The van der Waals surface area contributed by atoms with Crippen molar-refractivity contribution in [2.45, 2.75) is 6.18 Å². The van der Waals surface area contributed by atoms with Crippen molar-refractivity contribution < 1.29 is 37.7 Å². The third-order valence-electron chi connectivity index (χ3n) is 3.47. The van der Waals surface area contributed by atoms with Crippen LogP contribution in [0.4, 0.5) is 13.2 Å². The Balaban J connectivity index is 0.00000156. The molecule has 3 nitrogen and oxygen atoms in total. The fourth-order valence-corrected chi connectivity index (χ4v) is 2.55. The number of furan rings is 1. The third-order valence-corrected chi connectivity index (χ3v) is 3.47. The molecule has 0 saturated carbocycles. The van der Waals surface area contributed by atoms with Gasteiger partial charge in [-0.3, -0.25) is 4.68 Å². The maximum Gasteiger partial charge on any atom is 0.371 e. The summed E-state index contributed by atoms with van der Waals surface area (Å²) in [7, 11) is 0. The Kier molecular flexibility index (Phi) is 3.78. The molecule has 0 aliphatic rings. The summed E-state index contributed by atoms with van der Waals surface area (Å²) in [6, 6.07) is 11.9. The molecule has 1 radical (unpaired) electrons. The molecule has 0 fully saturated rings. The molecule has 0 unspecified atom stereocenters. The van der Waals surface area contributed by atoms with Gasteiger partial charge in [-0.05, 0) is 23.4 Å². The van der Waals surface area contributed by atoms with E-state index in [1.807, 2.05) is 0 Å². The second-order valence-corrected chi connectivity index (χ2v) is 4.80. The monoisotopic (exact) mass is 494 g/mol. The van der Waals surface area contributed by atoms with Crippen molar-refractivity contribution in [3.63, 3.8) is 0 Å². The van der Waals surface area contributed by atoms with Crippen LogP contribution >= 0.6 is 0 Å². The minimum absolute atomic E-state index is 0. The summed E-state index contributed by atoms with van der Waals surface area (Å²) in [5.41, 5.74) is 0.114. The minimum Gasteiger partial charge on any atom is -0.513 e. The van der Waals surface area contributed by atoms with Gasteiger partial charge in [0, 0.05) is 43.5 Å². The van der Waals surface area contributed by atoms with Crippen LogP contribution in [0.3, 0.4) is 0 Å². The molecule has 0 saturated heterocycles. The van der Waals surface area contributed by atoms with E-state index in [4.69, 9.17) is 4.42 Å². The number of hydrogen-bond acceptors (Lipinski definition) is 2. The molecule has 0 bridgehead atoms. The van der Waals surface area contributed by atoms with Crippen molar-refractivity contribution >= 4 is 21.9 Å². The van der Waals surface area contributed by atoms with Gasteiger partial charge in [0.05, 0.1) is 0 Å². The number of aromatic nitrogens is 2. The fraction of sp³-hybridized carbons (Fsp3) is 0.0625. The molecule has 4 aromatic rings. The van der Waals surface area contributed by atoms with Gasteiger partial charge in [0.2, 0.25) is 0 Å². The number of rotatable bonds is 1. The van der Waals surface area contributed by atoms with Crippen LogP contribution in [-0.4, -0.2) is 9.78 Å². The second kappa shape index (κ2) is 5.51. The van der Waals surface area contributed by atoms with Gasteiger partial charge in [0.15, 0.2) is 0 Å². The number of para-hydroxylation sites is 1. The van der Waals surface area contributed by atoms with Crippen LogP contribution in [0, 0.1) is 6.07 Å². The molecule has 0 amide bonds. The molecule has 0 atom stereocenters. The second-order valence-electron chi connectivity index (χ2n) is 4.80. The zero-order valence-corrected chi connectivity index (χ0v) is 13.8. The number of halogens is 3. The molecule has 23 heavy (non-hydrogen) atoms. The summed E-state index contributed by atoms with van der Waals surface area (Å²) in [6.07, 6.45) is -1.31. The molecule has 0 aliphatic carbocycles. The molecule has 2 heterocycles. The van der Waals surface area contributed by atoms with Crippen LogP contribution in [0.25, 0.3) is 27.6 Å². The molecule has 0 aliphatic heterocycles. The van der Waals surface area contributed by atoms with Crippen molar-refractivity contribution in [1.29, 1.82) is 0 Å². The van der Waals surface area contributed by atoms with Crippen LogP contribution in [0.2, 0.25) is 0 Å². The van der Waals surface area contributed by atoms with E-state index in [2.05, 4.69) is 11.2 Å². The molecule has 119 valence electrons. The molecule has 7 heteroatoms. The summed E-state index contributed by atoms with van der Waals surface area (Å²) in [4.78, 5) is 0. The predicted molar refractivity (Wildman–Crippen MR) is 74.7 cm³/mol. The number of alkyl halides is 3. The quantitative estimate of drug-likeness (QED) is 0.364. The Bertz CT molecular complexity index is 974. The zero-order valence-electron chi connectivity index (χ0n) is 11.4. The third kappa shape index (κ3) is 2.46. The number of nitrogens with zero attached hydrogens (tertiary/aromatic N) is 2. The Morgan fingerprint density at radius 3 is 2.61 bits per heavy atom. The first-order valence-electron chi connectivity index (χ1n) is 6.49. The Labute approximate surface area is 142 Å². The minimum atomic E-state index is -4.48. The van der Waals surface area contributed by atoms with E-state index in [0.29, 0.717) is 16.7 Å². The van der Waals surface area contributed by atoms with Crippen molar-refractivity contribution in [3.05, 3.63) is 60.4 Å². The summed E-state index contributed by atoms with van der Waals surface area (Å²) in [5.74, 6) is 0. The van der Waals surface area contributed by atoms with E-state index in [1.54, 1.807) is 42.7 Å². The van der Waals surface area contributed by atoms with Gasteiger partial charge in [0.1, 0.15) is 5.58 Å². The molecular formula is C16H8F3IrN2O-. The van der Waals surface area contributed by atoms with E-state index in [9.17, 15) is 13.2 Å². The van der Waals surface area contributed by atoms with Gasteiger partial charge in [-0.15, -0.1) is 0 Å². The molecule has 0 spiro atoms. The topological polar surface area (TPSA) is 31.0 Å². The normalized spacial score (nSPS) is 11.8. The molecule has 4 rings (SSSR count). The van der Waals surface area contributed by atoms with Crippen LogP contribution < -0.4 is 0 Å². The fourth-order valence-electron chi connectivity index (χ4n) is 2.55. The summed E-state index contributed by atoms with van der Waals surface area (Å²) in [5, 5.41) is 4.50. The van der Waals surface area contributed by atoms with Crippen molar-refractivity contribution in [2.75, 3.05) is 0 Å². The van der Waals surface area contributed by atoms with Crippen LogP contribution in [0.1, 0.15) is 5.56 Å². The summed E-state index contributed by atoms with van der Waals surface area (Å²) < 4.78 is 47.0. The molecule has 2 aromatic carbocycles. The number of hydrogen-bond donors (Lipinski definition) is 0. The van der Waals surface area contributed by atoms with Crippen LogP contribution in [0.15, 0.2) is 53.2 Å². The average molecular weight is 493 g/mol. The van der Waals surface area contributed by atoms with E-state index < -0.39 is 11.7 Å². The van der Waals surface area contributed by atoms with E-state index >= 15 is 0 Å². The van der Waals surface area contributed by atoms with Gasteiger partial charge < -0.3 is 4.42 Å². The van der Waals surface area contributed by atoms with Crippen LogP contribution in [-0.2, 0) is 26.3 Å². The SMILES string of the molecule is FC(F)(F)c1c[c-]c(-n2cccn2)c2oc3ccccc3c12.[Ir]. The van der Waals surface area contributed by atoms with Crippen molar-refractivity contribution in [1.82, 2.24) is 9.78 Å². The van der Waals surface area contributed by atoms with Gasteiger partial charge in [0.25, 0.3) is 0 Å². The Morgan fingerprint density at radius 1 is 1.13 bits per heavy atom. The summed E-state index contributed by atoms with van der Waals surface area (Å²) >= 11 is 0. The largest absolute Gasteiger partial charge is 0.513 e. The van der Waals surface area contributed by atoms with Gasteiger partial charge >= 0.3 is 6.18 Å². The molecule has 0 N–H and O–H groups in total. The van der Waals surface area contributed by atoms with Gasteiger partial charge in [-0.25, -0.2) is 0 Å². The van der Waals surface area contributed by atoms with E-state index in [0.717, 1.165) is 6.07 Å². The van der Waals surface area contributed by atoms with Crippen LogP contribution in [0.5, 0.6) is 0 Å². The standard InChI is InChI=1S/C16H8F3N2O.Ir/c17-16(18,19)11-6-7-12(21-9-3-8-20-21)15-14(11)10-4-1-2-5-13(10)22-15;/h1-6,8-9H;/q-1;. The zero-order chi connectivity index (χ0) is 15.3. The molecule has 2 aromatic heterocycles. The maximum absolute atomic E-state index is 13.3. The summed E-state index contributed by atoms with van der Waals surface area (Å²) in [6.45, 7) is 0. The number of benzene rings is 2. The van der Waals surface area contributed by atoms with Gasteiger partial charge in [-0.2, -0.15) is 30.4 Å². The average Bonchev–Trinajstić information content (AvgIpc) is 3.12. The maximum atomic E-state index is 13.3.